The van der Waals surface area contributed by atoms with Crippen molar-refractivity contribution in [2.75, 3.05) is 6.54 Å². The van der Waals surface area contributed by atoms with E-state index >= 15 is 0 Å². The van der Waals surface area contributed by atoms with Crippen LogP contribution in [0.1, 0.15) is 55.1 Å². The SMILES string of the molecule is CC(C)C(C)C(N)CNCc1ccc2c(c1)CN(C1CCC(=O)NC1=O)C2=O. The topological polar surface area (TPSA) is 105 Å². The van der Waals surface area contributed by atoms with E-state index in [1.54, 1.807) is 4.90 Å². The summed E-state index contributed by atoms with van der Waals surface area (Å²) in [5.74, 6) is 0.182. The Balaban J connectivity index is 1.60. The third-order valence-corrected chi connectivity index (χ3v) is 6.02. The molecule has 0 saturated carbocycles. The molecule has 0 radical (unpaired) electrons. The van der Waals surface area contributed by atoms with E-state index in [0.717, 1.165) is 17.7 Å². The van der Waals surface area contributed by atoms with Crippen LogP contribution in [0.25, 0.3) is 0 Å². The van der Waals surface area contributed by atoms with E-state index < -0.39 is 6.04 Å². The molecule has 1 aromatic rings. The summed E-state index contributed by atoms with van der Waals surface area (Å²) in [4.78, 5) is 37.7. The van der Waals surface area contributed by atoms with Crippen molar-refractivity contribution in [1.29, 1.82) is 0 Å². The van der Waals surface area contributed by atoms with Gasteiger partial charge in [-0.05, 0) is 35.4 Å². The maximum Gasteiger partial charge on any atom is 0.255 e. The van der Waals surface area contributed by atoms with Crippen molar-refractivity contribution in [3.05, 3.63) is 34.9 Å². The molecule has 3 rings (SSSR count). The Morgan fingerprint density at radius 1 is 1.25 bits per heavy atom. The first-order valence-corrected chi connectivity index (χ1v) is 10.0. The number of imide groups is 1. The number of fused-ring (bicyclic) bond motifs is 1. The molecule has 2 aliphatic rings. The summed E-state index contributed by atoms with van der Waals surface area (Å²) in [7, 11) is 0. The number of nitrogens with one attached hydrogen (secondary N) is 2. The number of benzene rings is 1. The Kier molecular flexibility index (Phi) is 6.15. The summed E-state index contributed by atoms with van der Waals surface area (Å²) in [6, 6.07) is 5.31. The van der Waals surface area contributed by atoms with Crippen LogP contribution < -0.4 is 16.4 Å². The van der Waals surface area contributed by atoms with Crippen molar-refractivity contribution in [3.8, 4) is 0 Å². The molecule has 2 aliphatic heterocycles. The highest BCUT2D eigenvalue weighted by molar-refractivity contribution is 6.05. The normalized spacial score (nSPS) is 21.7. The maximum atomic E-state index is 12.7. The van der Waals surface area contributed by atoms with E-state index in [2.05, 4.69) is 31.4 Å². The van der Waals surface area contributed by atoms with E-state index in [1.165, 1.54) is 0 Å². The zero-order valence-corrected chi connectivity index (χ0v) is 16.8. The first-order valence-electron chi connectivity index (χ1n) is 10.0. The molecule has 7 heteroatoms. The van der Waals surface area contributed by atoms with Crippen molar-refractivity contribution < 1.29 is 14.4 Å². The van der Waals surface area contributed by atoms with Gasteiger partial charge in [0.25, 0.3) is 5.91 Å². The van der Waals surface area contributed by atoms with Gasteiger partial charge >= 0.3 is 0 Å². The monoisotopic (exact) mass is 386 g/mol. The number of hydrogen-bond acceptors (Lipinski definition) is 5. The van der Waals surface area contributed by atoms with Gasteiger partial charge in [-0.3, -0.25) is 19.7 Å². The van der Waals surface area contributed by atoms with Gasteiger partial charge in [0.1, 0.15) is 6.04 Å². The van der Waals surface area contributed by atoms with Gasteiger partial charge in [-0.25, -0.2) is 0 Å². The smallest absolute Gasteiger partial charge is 0.255 e. The van der Waals surface area contributed by atoms with E-state index in [0.29, 0.717) is 36.9 Å². The third kappa shape index (κ3) is 4.25. The number of carbonyl (C=O) groups is 3. The van der Waals surface area contributed by atoms with Crippen LogP contribution in [0.3, 0.4) is 0 Å². The lowest BCUT2D eigenvalue weighted by atomic mass is 9.91. The second kappa shape index (κ2) is 8.41. The van der Waals surface area contributed by atoms with Gasteiger partial charge in [0, 0.05) is 37.7 Å². The van der Waals surface area contributed by atoms with Crippen molar-refractivity contribution >= 4 is 17.7 Å². The molecule has 1 fully saturated rings. The minimum atomic E-state index is -0.574. The quantitative estimate of drug-likeness (QED) is 0.610. The largest absolute Gasteiger partial charge is 0.326 e. The Labute approximate surface area is 166 Å². The molecule has 0 aromatic heterocycles. The number of carbonyl (C=O) groups excluding carboxylic acids is 3. The summed E-state index contributed by atoms with van der Waals surface area (Å²) in [5.41, 5.74) is 8.89. The highest BCUT2D eigenvalue weighted by Gasteiger charge is 2.39. The molecule has 0 bridgehead atoms. The Morgan fingerprint density at radius 2 is 2.00 bits per heavy atom. The predicted molar refractivity (Wildman–Crippen MR) is 106 cm³/mol. The summed E-state index contributed by atoms with van der Waals surface area (Å²) < 4.78 is 0. The van der Waals surface area contributed by atoms with Crippen LogP contribution in [-0.2, 0) is 22.7 Å². The van der Waals surface area contributed by atoms with Gasteiger partial charge < -0.3 is 16.0 Å². The van der Waals surface area contributed by atoms with Gasteiger partial charge in [0.05, 0.1) is 0 Å². The van der Waals surface area contributed by atoms with E-state index in [9.17, 15) is 14.4 Å². The first-order chi connectivity index (χ1) is 13.3. The van der Waals surface area contributed by atoms with E-state index in [-0.39, 0.29) is 30.2 Å². The molecule has 152 valence electrons. The van der Waals surface area contributed by atoms with Gasteiger partial charge in [-0.15, -0.1) is 0 Å². The number of amides is 3. The number of rotatable bonds is 7. The lowest BCUT2D eigenvalue weighted by Crippen LogP contribution is -2.52. The molecule has 0 aliphatic carbocycles. The number of piperidine rings is 1. The predicted octanol–water partition coefficient (Wildman–Crippen LogP) is 1.16. The molecule has 1 saturated heterocycles. The summed E-state index contributed by atoms with van der Waals surface area (Å²) in [6.45, 7) is 8.34. The van der Waals surface area contributed by atoms with Gasteiger partial charge in [-0.2, -0.15) is 0 Å². The molecule has 3 amide bonds. The van der Waals surface area contributed by atoms with Gasteiger partial charge in [0.2, 0.25) is 11.8 Å². The molecule has 3 unspecified atom stereocenters. The van der Waals surface area contributed by atoms with Crippen molar-refractivity contribution in [2.45, 2.75) is 58.8 Å². The molecule has 2 heterocycles. The summed E-state index contributed by atoms with van der Waals surface area (Å²) in [6.07, 6.45) is 0.644. The second-order valence-electron chi connectivity index (χ2n) is 8.29. The van der Waals surface area contributed by atoms with Crippen LogP contribution in [0.5, 0.6) is 0 Å². The van der Waals surface area contributed by atoms with Crippen LogP contribution in [0.15, 0.2) is 18.2 Å². The molecule has 7 nitrogen and oxygen atoms in total. The van der Waals surface area contributed by atoms with Crippen LogP contribution in [0, 0.1) is 11.8 Å². The Bertz CT molecular complexity index is 777. The number of nitrogens with zero attached hydrogens (tertiary/aromatic N) is 1. The minimum Gasteiger partial charge on any atom is -0.326 e. The highest BCUT2D eigenvalue weighted by atomic mass is 16.2. The standard InChI is InChI=1S/C21H30N4O3/c1-12(2)13(3)17(22)10-23-9-14-4-5-16-15(8-14)11-25(21(16)28)18-6-7-19(26)24-20(18)27/h4-5,8,12-13,17-18,23H,6-7,9-11,22H2,1-3H3,(H,24,26,27). The number of nitrogens with two attached hydrogens (primary N) is 1. The molecule has 28 heavy (non-hydrogen) atoms. The molecular formula is C21H30N4O3. The van der Waals surface area contributed by atoms with E-state index in [1.807, 2.05) is 18.2 Å². The lowest BCUT2D eigenvalue weighted by molar-refractivity contribution is -0.136. The van der Waals surface area contributed by atoms with Crippen molar-refractivity contribution in [3.63, 3.8) is 0 Å². The summed E-state index contributed by atoms with van der Waals surface area (Å²) in [5, 5.41) is 5.73. The maximum absolute atomic E-state index is 12.7. The van der Waals surface area contributed by atoms with Crippen LogP contribution >= 0.6 is 0 Å². The molecule has 0 spiro atoms. The van der Waals surface area contributed by atoms with Gasteiger partial charge in [0.15, 0.2) is 0 Å². The lowest BCUT2D eigenvalue weighted by Gasteiger charge is -2.29. The zero-order valence-electron chi connectivity index (χ0n) is 16.8. The third-order valence-electron chi connectivity index (χ3n) is 6.02. The Morgan fingerprint density at radius 3 is 2.68 bits per heavy atom. The van der Waals surface area contributed by atoms with Crippen LogP contribution in [0.2, 0.25) is 0 Å². The number of hydrogen-bond donors (Lipinski definition) is 3. The van der Waals surface area contributed by atoms with Gasteiger partial charge in [-0.1, -0.05) is 32.9 Å². The fraction of sp³-hybridized carbons (Fsp3) is 0.571. The molecular weight excluding hydrogens is 356 g/mol. The average Bonchev–Trinajstić information content (AvgIpc) is 2.97. The van der Waals surface area contributed by atoms with Crippen molar-refractivity contribution in [1.82, 2.24) is 15.5 Å². The van der Waals surface area contributed by atoms with Crippen molar-refractivity contribution in [2.24, 2.45) is 17.6 Å². The fourth-order valence-corrected chi connectivity index (χ4v) is 3.80. The minimum absolute atomic E-state index is 0.0963. The van der Waals surface area contributed by atoms with E-state index in [4.69, 9.17) is 5.73 Å². The fourth-order valence-electron chi connectivity index (χ4n) is 3.80. The second-order valence-corrected chi connectivity index (χ2v) is 8.29. The summed E-state index contributed by atoms with van der Waals surface area (Å²) >= 11 is 0. The Hall–Kier alpha value is -2.25. The first kappa shape index (κ1) is 20.5. The van der Waals surface area contributed by atoms with Crippen LogP contribution in [-0.4, -0.2) is 41.2 Å². The highest BCUT2D eigenvalue weighted by Crippen LogP contribution is 2.28. The van der Waals surface area contributed by atoms with Crippen LogP contribution in [0.4, 0.5) is 0 Å². The zero-order chi connectivity index (χ0) is 20.4. The molecule has 4 N–H and O–H groups in total. The average molecular weight is 386 g/mol. The molecule has 3 atom stereocenters. The molecule has 1 aromatic carbocycles.